The summed E-state index contributed by atoms with van der Waals surface area (Å²) in [6.45, 7) is 1.90. The van der Waals surface area contributed by atoms with Crippen molar-refractivity contribution in [2.24, 2.45) is 0 Å². The quantitative estimate of drug-likeness (QED) is 0.636. The first-order valence-corrected chi connectivity index (χ1v) is 7.94. The Hall–Kier alpha value is -2.87. The summed E-state index contributed by atoms with van der Waals surface area (Å²) in [6, 6.07) is 14.5. The molecule has 4 N–H and O–H groups in total. The van der Waals surface area contributed by atoms with Crippen LogP contribution in [0.1, 0.15) is 5.56 Å². The number of amides is 1. The van der Waals surface area contributed by atoms with Gasteiger partial charge in [0.1, 0.15) is 0 Å². The van der Waals surface area contributed by atoms with Crippen molar-refractivity contribution in [1.82, 2.24) is 14.8 Å². The predicted octanol–water partition coefficient (Wildman–Crippen LogP) is 3.76. The van der Waals surface area contributed by atoms with Crippen LogP contribution in [-0.2, 0) is 0 Å². The van der Waals surface area contributed by atoms with Crippen LogP contribution in [0.25, 0.3) is 0 Å². The number of carbonyl (C=O) groups excluding carboxylic acids is 1. The van der Waals surface area contributed by atoms with E-state index in [0.717, 1.165) is 20.4 Å². The van der Waals surface area contributed by atoms with Crippen LogP contribution < -0.4 is 16.4 Å². The molecule has 0 atom stereocenters. The molecule has 2 aromatic carbocycles. The summed E-state index contributed by atoms with van der Waals surface area (Å²) in [5, 5.41) is 9.85. The molecule has 0 aliphatic rings. The highest BCUT2D eigenvalue weighted by Gasteiger charge is 2.15. The van der Waals surface area contributed by atoms with Gasteiger partial charge in [0.05, 0.1) is 0 Å². The van der Waals surface area contributed by atoms with E-state index in [9.17, 15) is 4.79 Å². The number of hydrogen-bond donors (Lipinski definition) is 3. The Morgan fingerprint density at radius 3 is 2.67 bits per heavy atom. The van der Waals surface area contributed by atoms with Crippen molar-refractivity contribution in [3.05, 3.63) is 58.6 Å². The van der Waals surface area contributed by atoms with E-state index in [-0.39, 0.29) is 11.9 Å². The first-order valence-electron chi connectivity index (χ1n) is 7.15. The van der Waals surface area contributed by atoms with Crippen LogP contribution in [0.5, 0.6) is 0 Å². The zero-order chi connectivity index (χ0) is 17.1. The van der Waals surface area contributed by atoms with Gasteiger partial charge in [-0.1, -0.05) is 34.1 Å². The van der Waals surface area contributed by atoms with Crippen LogP contribution in [0.3, 0.4) is 0 Å². The summed E-state index contributed by atoms with van der Waals surface area (Å²) >= 11 is 3.39. The minimum absolute atomic E-state index is 0.000644. The fourth-order valence-electron chi connectivity index (χ4n) is 2.11. The third-order valence-corrected chi connectivity index (χ3v) is 3.78. The molecule has 3 rings (SSSR count). The van der Waals surface area contributed by atoms with E-state index in [1.54, 1.807) is 6.07 Å². The highest BCUT2D eigenvalue weighted by Crippen LogP contribution is 2.21. The van der Waals surface area contributed by atoms with Gasteiger partial charge in [-0.3, -0.25) is 0 Å². The smallest absolute Gasteiger partial charge is 0.349 e. The molecule has 0 saturated carbocycles. The Bertz CT molecular complexity index is 878. The SMILES string of the molecule is Cc1cc(Br)ccc1NC(=O)n1nc(Nc2ccccc2)nc1N. The second-order valence-electron chi connectivity index (χ2n) is 5.09. The molecule has 0 saturated heterocycles. The fourth-order valence-corrected chi connectivity index (χ4v) is 2.59. The summed E-state index contributed by atoms with van der Waals surface area (Å²) in [5.74, 6) is 0.252. The zero-order valence-corrected chi connectivity index (χ0v) is 14.4. The molecule has 0 fully saturated rings. The second-order valence-corrected chi connectivity index (χ2v) is 6.00. The van der Waals surface area contributed by atoms with Gasteiger partial charge in [-0.05, 0) is 42.8 Å². The lowest BCUT2D eigenvalue weighted by molar-refractivity contribution is 0.251. The van der Waals surface area contributed by atoms with Crippen molar-refractivity contribution >= 4 is 45.2 Å². The van der Waals surface area contributed by atoms with Gasteiger partial charge in [-0.25, -0.2) is 4.79 Å². The van der Waals surface area contributed by atoms with Gasteiger partial charge in [0, 0.05) is 15.8 Å². The molecule has 0 aliphatic heterocycles. The zero-order valence-electron chi connectivity index (χ0n) is 12.8. The molecule has 0 radical (unpaired) electrons. The fraction of sp³-hybridized carbons (Fsp3) is 0.0625. The lowest BCUT2D eigenvalue weighted by Gasteiger charge is -2.08. The monoisotopic (exact) mass is 386 g/mol. The van der Waals surface area contributed by atoms with Crippen molar-refractivity contribution in [3.8, 4) is 0 Å². The van der Waals surface area contributed by atoms with Crippen LogP contribution in [-0.4, -0.2) is 20.8 Å². The number of nitrogens with zero attached hydrogens (tertiary/aromatic N) is 3. The Labute approximate surface area is 147 Å². The van der Waals surface area contributed by atoms with E-state index >= 15 is 0 Å². The molecular weight excluding hydrogens is 372 g/mol. The number of hydrogen-bond acceptors (Lipinski definition) is 5. The number of rotatable bonds is 3. The van der Waals surface area contributed by atoms with E-state index in [1.807, 2.05) is 49.4 Å². The van der Waals surface area contributed by atoms with E-state index in [1.165, 1.54) is 0 Å². The molecule has 1 amide bonds. The molecule has 1 aromatic heterocycles. The maximum absolute atomic E-state index is 12.4. The number of aromatic nitrogens is 3. The minimum Gasteiger partial charge on any atom is -0.368 e. The third-order valence-electron chi connectivity index (χ3n) is 3.28. The van der Waals surface area contributed by atoms with Gasteiger partial charge in [-0.2, -0.15) is 4.98 Å². The first-order chi connectivity index (χ1) is 11.5. The highest BCUT2D eigenvalue weighted by atomic mass is 79.9. The van der Waals surface area contributed by atoms with Crippen molar-refractivity contribution in [2.45, 2.75) is 6.92 Å². The standard InChI is InChI=1S/C16H15BrN6O/c1-10-9-11(17)7-8-13(10)20-16(24)23-14(18)21-15(22-23)19-12-5-3-2-4-6-12/h2-9H,1H3,(H,20,24)(H3,18,19,21,22). The van der Waals surface area contributed by atoms with Crippen LogP contribution in [0, 0.1) is 6.92 Å². The summed E-state index contributed by atoms with van der Waals surface area (Å²) in [4.78, 5) is 16.4. The van der Waals surface area contributed by atoms with E-state index < -0.39 is 6.03 Å². The van der Waals surface area contributed by atoms with Crippen molar-refractivity contribution in [2.75, 3.05) is 16.4 Å². The summed E-state index contributed by atoms with van der Waals surface area (Å²) < 4.78 is 1.96. The molecule has 1 heterocycles. The number of carbonyl (C=O) groups is 1. The van der Waals surface area contributed by atoms with Gasteiger partial charge in [0.2, 0.25) is 11.9 Å². The lowest BCUT2D eigenvalue weighted by atomic mass is 10.2. The number of nitrogens with one attached hydrogen (secondary N) is 2. The highest BCUT2D eigenvalue weighted by molar-refractivity contribution is 9.10. The topological polar surface area (TPSA) is 97.9 Å². The number of halogens is 1. The molecule has 0 spiro atoms. The third kappa shape index (κ3) is 3.54. The molecule has 8 heteroatoms. The molecule has 3 aromatic rings. The Balaban J connectivity index is 1.78. The molecule has 7 nitrogen and oxygen atoms in total. The average molecular weight is 387 g/mol. The largest absolute Gasteiger partial charge is 0.368 e. The van der Waals surface area contributed by atoms with Crippen LogP contribution >= 0.6 is 15.9 Å². The van der Waals surface area contributed by atoms with Gasteiger partial charge in [0.15, 0.2) is 0 Å². The van der Waals surface area contributed by atoms with Crippen molar-refractivity contribution in [1.29, 1.82) is 0 Å². The normalized spacial score (nSPS) is 10.4. The van der Waals surface area contributed by atoms with Gasteiger partial charge in [-0.15, -0.1) is 9.78 Å². The van der Waals surface area contributed by atoms with Crippen LogP contribution in [0.15, 0.2) is 53.0 Å². The van der Waals surface area contributed by atoms with Crippen molar-refractivity contribution < 1.29 is 4.79 Å². The maximum Gasteiger partial charge on any atom is 0.349 e. The molecule has 0 bridgehead atoms. The van der Waals surface area contributed by atoms with Gasteiger partial charge in [0.25, 0.3) is 0 Å². The summed E-state index contributed by atoms with van der Waals surface area (Å²) in [7, 11) is 0. The number of aryl methyl sites for hydroxylation is 1. The summed E-state index contributed by atoms with van der Waals surface area (Å²) in [5.41, 5.74) is 8.19. The van der Waals surface area contributed by atoms with Crippen LogP contribution in [0.2, 0.25) is 0 Å². The van der Waals surface area contributed by atoms with Gasteiger partial charge < -0.3 is 16.4 Å². The number of anilines is 4. The lowest BCUT2D eigenvalue weighted by Crippen LogP contribution is -2.23. The van der Waals surface area contributed by atoms with E-state index in [0.29, 0.717) is 5.69 Å². The maximum atomic E-state index is 12.4. The van der Waals surface area contributed by atoms with Gasteiger partial charge >= 0.3 is 6.03 Å². The number of nitrogen functional groups attached to an aromatic ring is 1. The molecule has 0 unspecified atom stereocenters. The van der Waals surface area contributed by atoms with Crippen LogP contribution in [0.4, 0.5) is 28.1 Å². The number of para-hydroxylation sites is 1. The Morgan fingerprint density at radius 1 is 1.21 bits per heavy atom. The van der Waals surface area contributed by atoms with E-state index in [2.05, 4.69) is 36.6 Å². The molecular formula is C16H15BrN6O. The predicted molar refractivity (Wildman–Crippen MR) is 97.5 cm³/mol. The average Bonchev–Trinajstić information content (AvgIpc) is 2.91. The van der Waals surface area contributed by atoms with E-state index in [4.69, 9.17) is 5.73 Å². The number of benzene rings is 2. The first kappa shape index (κ1) is 16.0. The van der Waals surface area contributed by atoms with Crippen molar-refractivity contribution in [3.63, 3.8) is 0 Å². The minimum atomic E-state index is -0.480. The molecule has 0 aliphatic carbocycles. The number of nitrogens with two attached hydrogens (primary N) is 1. The second kappa shape index (κ2) is 6.71. The molecule has 24 heavy (non-hydrogen) atoms. The summed E-state index contributed by atoms with van der Waals surface area (Å²) in [6.07, 6.45) is 0. The molecule has 122 valence electrons. The Morgan fingerprint density at radius 2 is 1.96 bits per heavy atom. The Kier molecular flexibility index (Phi) is 4.48.